The largest absolute Gasteiger partial charge is 0.508 e. The Kier molecular flexibility index (Phi) is 4.95. The van der Waals surface area contributed by atoms with Crippen molar-refractivity contribution in [2.24, 2.45) is 0 Å². The van der Waals surface area contributed by atoms with Crippen LogP contribution in [0.5, 0.6) is 5.75 Å². The maximum absolute atomic E-state index is 12.2. The molecule has 1 aromatic carbocycles. The quantitative estimate of drug-likeness (QED) is 0.458. The molecule has 2 aromatic rings. The van der Waals surface area contributed by atoms with Crippen LogP contribution in [0.2, 0.25) is 0 Å². The minimum absolute atomic E-state index is 0.0810. The molecule has 0 unspecified atom stereocenters. The second-order valence-corrected chi connectivity index (χ2v) is 4.94. The second kappa shape index (κ2) is 7.09. The van der Waals surface area contributed by atoms with E-state index in [4.69, 9.17) is 5.26 Å². The normalized spacial score (nSPS) is 10.7. The van der Waals surface area contributed by atoms with Crippen molar-refractivity contribution in [2.75, 3.05) is 10.6 Å². The number of nitrogens with one attached hydrogen (secondary N) is 2. The fraction of sp³-hybridized carbons (Fsp3) is 0.118. The molecule has 0 spiro atoms. The van der Waals surface area contributed by atoms with E-state index in [-0.39, 0.29) is 11.3 Å². The Hall–Kier alpha value is -3.33. The van der Waals surface area contributed by atoms with Crippen molar-refractivity contribution in [2.45, 2.75) is 13.8 Å². The van der Waals surface area contributed by atoms with Crippen LogP contribution < -0.4 is 10.6 Å². The molecule has 1 amide bonds. The van der Waals surface area contributed by atoms with Gasteiger partial charge in [-0.1, -0.05) is 6.07 Å². The zero-order chi connectivity index (χ0) is 16.8. The Morgan fingerprint density at radius 1 is 1.30 bits per heavy atom. The summed E-state index contributed by atoms with van der Waals surface area (Å²) in [4.78, 5) is 16.3. The van der Waals surface area contributed by atoms with Crippen LogP contribution in [-0.4, -0.2) is 16.0 Å². The zero-order valence-corrected chi connectivity index (χ0v) is 12.8. The number of nitriles is 1. The molecule has 2 rings (SSSR count). The number of pyridine rings is 1. The third-order valence-electron chi connectivity index (χ3n) is 3.19. The van der Waals surface area contributed by atoms with Crippen molar-refractivity contribution in [3.8, 4) is 11.8 Å². The molecule has 0 fully saturated rings. The molecule has 0 aliphatic heterocycles. The van der Waals surface area contributed by atoms with Gasteiger partial charge in [0.1, 0.15) is 23.2 Å². The minimum atomic E-state index is -0.539. The van der Waals surface area contributed by atoms with E-state index in [0.717, 1.165) is 5.56 Å². The van der Waals surface area contributed by atoms with Crippen molar-refractivity contribution in [3.05, 3.63) is 59.4 Å². The number of carbonyl (C=O) groups excluding carboxylic acids is 1. The van der Waals surface area contributed by atoms with Crippen LogP contribution in [0.4, 0.5) is 11.5 Å². The summed E-state index contributed by atoms with van der Waals surface area (Å²) in [5.74, 6) is 0.153. The van der Waals surface area contributed by atoms with Crippen molar-refractivity contribution in [3.63, 3.8) is 0 Å². The summed E-state index contributed by atoms with van der Waals surface area (Å²) in [7, 11) is 0. The van der Waals surface area contributed by atoms with Crippen LogP contribution in [0.3, 0.4) is 0 Å². The standard InChI is InChI=1S/C17H16N4O2/c1-11-4-3-7-19-16(11)20-10-13(9-18)17(23)21-15-6-5-14(22)8-12(15)2/h3-8,10,22H,1-2H3,(H,19,20)(H,21,23)/b13-10-. The Labute approximate surface area is 134 Å². The van der Waals surface area contributed by atoms with Gasteiger partial charge in [-0.05, 0) is 49.2 Å². The van der Waals surface area contributed by atoms with E-state index >= 15 is 0 Å². The molecule has 116 valence electrons. The van der Waals surface area contributed by atoms with Gasteiger partial charge in [0.2, 0.25) is 0 Å². The van der Waals surface area contributed by atoms with Crippen LogP contribution in [-0.2, 0) is 4.79 Å². The lowest BCUT2D eigenvalue weighted by Gasteiger charge is -2.08. The molecule has 0 bridgehead atoms. The molecule has 3 N–H and O–H groups in total. The topological polar surface area (TPSA) is 98.0 Å². The molecular formula is C17H16N4O2. The monoisotopic (exact) mass is 308 g/mol. The highest BCUT2D eigenvalue weighted by Crippen LogP contribution is 2.20. The first-order valence-corrected chi connectivity index (χ1v) is 6.90. The van der Waals surface area contributed by atoms with Crippen LogP contribution in [0, 0.1) is 25.2 Å². The second-order valence-electron chi connectivity index (χ2n) is 4.94. The highest BCUT2D eigenvalue weighted by atomic mass is 16.3. The average Bonchev–Trinajstić information content (AvgIpc) is 2.52. The van der Waals surface area contributed by atoms with Gasteiger partial charge in [0.25, 0.3) is 5.91 Å². The van der Waals surface area contributed by atoms with E-state index in [1.807, 2.05) is 19.1 Å². The maximum Gasteiger partial charge on any atom is 0.267 e. The Balaban J connectivity index is 2.14. The number of phenolic OH excluding ortho intramolecular Hbond substituents is 1. The lowest BCUT2D eigenvalue weighted by molar-refractivity contribution is -0.112. The number of aromatic hydroxyl groups is 1. The van der Waals surface area contributed by atoms with Gasteiger partial charge >= 0.3 is 0 Å². The number of aryl methyl sites for hydroxylation is 2. The highest BCUT2D eigenvalue weighted by Gasteiger charge is 2.11. The fourth-order valence-electron chi connectivity index (χ4n) is 1.90. The van der Waals surface area contributed by atoms with Crippen LogP contribution in [0.1, 0.15) is 11.1 Å². The van der Waals surface area contributed by atoms with Crippen molar-refractivity contribution < 1.29 is 9.90 Å². The third-order valence-corrected chi connectivity index (χ3v) is 3.19. The van der Waals surface area contributed by atoms with Gasteiger partial charge in [0.15, 0.2) is 0 Å². The van der Waals surface area contributed by atoms with Crippen molar-refractivity contribution >= 4 is 17.4 Å². The first kappa shape index (κ1) is 16.0. The molecule has 6 heteroatoms. The van der Waals surface area contributed by atoms with E-state index in [1.54, 1.807) is 25.3 Å². The van der Waals surface area contributed by atoms with Crippen molar-refractivity contribution in [1.29, 1.82) is 5.26 Å². The zero-order valence-electron chi connectivity index (χ0n) is 12.8. The van der Waals surface area contributed by atoms with Gasteiger partial charge in [0.05, 0.1) is 0 Å². The van der Waals surface area contributed by atoms with Gasteiger partial charge in [-0.3, -0.25) is 4.79 Å². The van der Waals surface area contributed by atoms with Gasteiger partial charge < -0.3 is 15.7 Å². The number of phenols is 1. The van der Waals surface area contributed by atoms with Crippen molar-refractivity contribution in [1.82, 2.24) is 4.98 Å². The summed E-state index contributed by atoms with van der Waals surface area (Å²) in [6.45, 7) is 3.62. The summed E-state index contributed by atoms with van der Waals surface area (Å²) in [5.41, 5.74) is 2.05. The third kappa shape index (κ3) is 4.08. The summed E-state index contributed by atoms with van der Waals surface area (Å²) in [5, 5.41) is 24.0. The van der Waals surface area contributed by atoms with E-state index in [2.05, 4.69) is 15.6 Å². The maximum atomic E-state index is 12.2. The minimum Gasteiger partial charge on any atom is -0.508 e. The lowest BCUT2D eigenvalue weighted by atomic mass is 10.2. The number of carbonyl (C=O) groups is 1. The molecule has 0 radical (unpaired) electrons. The fourth-order valence-corrected chi connectivity index (χ4v) is 1.90. The molecule has 0 saturated carbocycles. The number of benzene rings is 1. The number of amides is 1. The number of rotatable bonds is 4. The molecule has 0 aliphatic rings. The smallest absolute Gasteiger partial charge is 0.267 e. The van der Waals surface area contributed by atoms with Gasteiger partial charge in [-0.15, -0.1) is 0 Å². The number of hydrogen-bond donors (Lipinski definition) is 3. The van der Waals surface area contributed by atoms with Crippen LogP contribution in [0.15, 0.2) is 48.3 Å². The van der Waals surface area contributed by atoms with Gasteiger partial charge in [-0.2, -0.15) is 5.26 Å². The average molecular weight is 308 g/mol. The number of aromatic nitrogens is 1. The molecule has 0 aliphatic carbocycles. The molecule has 0 atom stereocenters. The summed E-state index contributed by atoms with van der Waals surface area (Å²) in [6.07, 6.45) is 2.94. The SMILES string of the molecule is Cc1cc(O)ccc1NC(=O)/C(C#N)=C\Nc1ncccc1C. The van der Waals surface area contributed by atoms with Gasteiger partial charge in [-0.25, -0.2) is 4.98 Å². The van der Waals surface area contributed by atoms with Gasteiger partial charge in [0, 0.05) is 18.1 Å². The van der Waals surface area contributed by atoms with E-state index in [9.17, 15) is 9.90 Å². The molecular weight excluding hydrogens is 292 g/mol. The number of nitrogens with zero attached hydrogens (tertiary/aromatic N) is 2. The number of anilines is 2. The predicted octanol–water partition coefficient (Wildman–Crippen LogP) is 2.86. The summed E-state index contributed by atoms with van der Waals surface area (Å²) >= 11 is 0. The Bertz CT molecular complexity index is 806. The Morgan fingerprint density at radius 2 is 2.09 bits per heavy atom. The lowest BCUT2D eigenvalue weighted by Crippen LogP contribution is -2.15. The summed E-state index contributed by atoms with van der Waals surface area (Å²) < 4.78 is 0. The first-order chi connectivity index (χ1) is 11.0. The predicted molar refractivity (Wildman–Crippen MR) is 87.8 cm³/mol. The van der Waals surface area contributed by atoms with E-state index in [1.165, 1.54) is 18.3 Å². The molecule has 1 heterocycles. The molecule has 6 nitrogen and oxygen atoms in total. The van der Waals surface area contributed by atoms with Crippen LogP contribution in [0.25, 0.3) is 0 Å². The highest BCUT2D eigenvalue weighted by molar-refractivity contribution is 6.07. The summed E-state index contributed by atoms with van der Waals surface area (Å²) in [6, 6.07) is 10.1. The molecule has 0 saturated heterocycles. The molecule has 23 heavy (non-hydrogen) atoms. The molecule has 1 aromatic heterocycles. The van der Waals surface area contributed by atoms with E-state index in [0.29, 0.717) is 17.1 Å². The first-order valence-electron chi connectivity index (χ1n) is 6.90. The van der Waals surface area contributed by atoms with E-state index < -0.39 is 5.91 Å². The Morgan fingerprint density at radius 3 is 2.74 bits per heavy atom. The number of hydrogen-bond acceptors (Lipinski definition) is 5. The van der Waals surface area contributed by atoms with Crippen LogP contribution >= 0.6 is 0 Å².